The van der Waals surface area contributed by atoms with E-state index < -0.39 is 0 Å². The molecule has 1 amide bonds. The van der Waals surface area contributed by atoms with Crippen molar-refractivity contribution in [3.63, 3.8) is 0 Å². The number of nitrogens with zero attached hydrogens (tertiary/aromatic N) is 2. The highest BCUT2D eigenvalue weighted by molar-refractivity contribution is 5.92. The van der Waals surface area contributed by atoms with Crippen LogP contribution in [0.2, 0.25) is 0 Å². The number of hydrogen-bond donors (Lipinski definition) is 1. The van der Waals surface area contributed by atoms with E-state index in [4.69, 9.17) is 4.74 Å². The minimum Gasteiger partial charge on any atom is -0.483 e. The van der Waals surface area contributed by atoms with Gasteiger partial charge in [-0.25, -0.2) is 0 Å². The molecule has 0 saturated heterocycles. The van der Waals surface area contributed by atoms with Gasteiger partial charge in [-0.05, 0) is 47.7 Å². The second-order valence-corrected chi connectivity index (χ2v) is 6.89. The molecule has 1 heterocycles. The van der Waals surface area contributed by atoms with E-state index in [9.17, 15) is 4.79 Å². The number of benzene rings is 2. The van der Waals surface area contributed by atoms with Crippen LogP contribution < -0.4 is 10.1 Å². The van der Waals surface area contributed by atoms with E-state index in [1.54, 1.807) is 6.20 Å². The van der Waals surface area contributed by atoms with Crippen molar-refractivity contribution in [2.24, 2.45) is 0 Å². The van der Waals surface area contributed by atoms with E-state index in [-0.39, 0.29) is 12.5 Å². The van der Waals surface area contributed by atoms with Crippen molar-refractivity contribution in [2.75, 3.05) is 11.9 Å². The smallest absolute Gasteiger partial charge is 0.262 e. The first kappa shape index (κ1) is 18.7. The SMILES string of the molecule is Cc1ccc(C(C)C)c(OCC(=O)Nc2ccccc2Cn2cccn2)c1. The average molecular weight is 363 g/mol. The monoisotopic (exact) mass is 363 g/mol. The van der Waals surface area contributed by atoms with E-state index >= 15 is 0 Å². The molecule has 0 radical (unpaired) electrons. The summed E-state index contributed by atoms with van der Waals surface area (Å²) in [5.41, 5.74) is 3.98. The number of para-hydroxylation sites is 1. The van der Waals surface area contributed by atoms with Gasteiger partial charge in [0.1, 0.15) is 5.75 Å². The Hall–Kier alpha value is -3.08. The van der Waals surface area contributed by atoms with Gasteiger partial charge in [0.05, 0.1) is 6.54 Å². The van der Waals surface area contributed by atoms with E-state index in [1.165, 1.54) is 0 Å². The zero-order chi connectivity index (χ0) is 19.2. The van der Waals surface area contributed by atoms with Crippen LogP contribution in [0.5, 0.6) is 5.75 Å². The number of amides is 1. The summed E-state index contributed by atoms with van der Waals surface area (Å²) in [5, 5.41) is 7.17. The van der Waals surface area contributed by atoms with Crippen molar-refractivity contribution in [1.82, 2.24) is 9.78 Å². The molecule has 3 aromatic rings. The number of carbonyl (C=O) groups is 1. The van der Waals surface area contributed by atoms with Crippen LogP contribution in [0.4, 0.5) is 5.69 Å². The number of rotatable bonds is 7. The van der Waals surface area contributed by atoms with Crippen molar-refractivity contribution >= 4 is 11.6 Å². The Balaban J connectivity index is 1.66. The number of nitrogens with one attached hydrogen (secondary N) is 1. The number of aryl methyl sites for hydroxylation is 1. The number of anilines is 1. The molecule has 0 spiro atoms. The largest absolute Gasteiger partial charge is 0.483 e. The minimum atomic E-state index is -0.181. The molecule has 2 aromatic carbocycles. The number of hydrogen-bond acceptors (Lipinski definition) is 3. The quantitative estimate of drug-likeness (QED) is 0.678. The Morgan fingerprint density at radius 1 is 1.19 bits per heavy atom. The Morgan fingerprint density at radius 3 is 2.74 bits per heavy atom. The molecule has 0 unspecified atom stereocenters. The van der Waals surface area contributed by atoms with Gasteiger partial charge in [-0.1, -0.05) is 44.2 Å². The lowest BCUT2D eigenvalue weighted by molar-refractivity contribution is -0.118. The first-order chi connectivity index (χ1) is 13.0. The van der Waals surface area contributed by atoms with Crippen molar-refractivity contribution in [3.05, 3.63) is 77.6 Å². The second kappa shape index (κ2) is 8.54. The summed E-state index contributed by atoms with van der Waals surface area (Å²) in [4.78, 5) is 12.4. The number of aromatic nitrogens is 2. The molecular formula is C22H25N3O2. The lowest BCUT2D eigenvalue weighted by Gasteiger charge is -2.15. The van der Waals surface area contributed by atoms with Gasteiger partial charge in [-0.15, -0.1) is 0 Å². The normalized spacial score (nSPS) is 10.8. The van der Waals surface area contributed by atoms with Crippen molar-refractivity contribution in [1.29, 1.82) is 0 Å². The summed E-state index contributed by atoms with van der Waals surface area (Å²) >= 11 is 0. The molecule has 140 valence electrons. The van der Waals surface area contributed by atoms with Crippen molar-refractivity contribution in [3.8, 4) is 5.75 Å². The Bertz CT molecular complexity index is 902. The van der Waals surface area contributed by atoms with Crippen LogP contribution in [0, 0.1) is 6.92 Å². The summed E-state index contributed by atoms with van der Waals surface area (Å²) in [6.45, 7) is 6.81. The van der Waals surface area contributed by atoms with Crippen LogP contribution >= 0.6 is 0 Å². The maximum Gasteiger partial charge on any atom is 0.262 e. The molecule has 3 rings (SSSR count). The fourth-order valence-electron chi connectivity index (χ4n) is 2.92. The highest BCUT2D eigenvalue weighted by Gasteiger charge is 2.12. The molecule has 27 heavy (non-hydrogen) atoms. The molecule has 0 aliphatic rings. The third kappa shape index (κ3) is 4.97. The van der Waals surface area contributed by atoms with Gasteiger partial charge in [0.2, 0.25) is 0 Å². The van der Waals surface area contributed by atoms with Crippen molar-refractivity contribution < 1.29 is 9.53 Å². The zero-order valence-corrected chi connectivity index (χ0v) is 16.0. The van der Waals surface area contributed by atoms with Gasteiger partial charge >= 0.3 is 0 Å². The van der Waals surface area contributed by atoms with Gasteiger partial charge in [0.15, 0.2) is 6.61 Å². The van der Waals surface area contributed by atoms with Crippen LogP contribution in [-0.2, 0) is 11.3 Å². The predicted molar refractivity (Wildman–Crippen MR) is 107 cm³/mol. The van der Waals surface area contributed by atoms with Gasteiger partial charge in [-0.2, -0.15) is 5.10 Å². The summed E-state index contributed by atoms with van der Waals surface area (Å²) < 4.78 is 7.65. The maximum absolute atomic E-state index is 12.4. The summed E-state index contributed by atoms with van der Waals surface area (Å²) in [7, 11) is 0. The highest BCUT2D eigenvalue weighted by Crippen LogP contribution is 2.27. The lowest BCUT2D eigenvalue weighted by atomic mass is 10.0. The third-order valence-corrected chi connectivity index (χ3v) is 4.33. The first-order valence-corrected chi connectivity index (χ1v) is 9.11. The molecular weight excluding hydrogens is 338 g/mol. The zero-order valence-electron chi connectivity index (χ0n) is 16.0. The average Bonchev–Trinajstić information content (AvgIpc) is 3.14. The molecule has 0 aliphatic heterocycles. The standard InChI is InChI=1S/C22H25N3O2/c1-16(2)19-10-9-17(3)13-21(19)27-15-22(26)24-20-8-5-4-7-18(20)14-25-12-6-11-23-25/h4-13,16H,14-15H2,1-3H3,(H,24,26). The van der Waals surface area contributed by atoms with Gasteiger partial charge in [0.25, 0.3) is 5.91 Å². The molecule has 5 heteroatoms. The topological polar surface area (TPSA) is 56.1 Å². The molecule has 0 aliphatic carbocycles. The molecule has 0 bridgehead atoms. The molecule has 1 N–H and O–H groups in total. The summed E-state index contributed by atoms with van der Waals surface area (Å²) in [5.74, 6) is 0.919. The first-order valence-electron chi connectivity index (χ1n) is 9.11. The van der Waals surface area contributed by atoms with Crippen LogP contribution in [0.1, 0.15) is 36.5 Å². The molecule has 5 nitrogen and oxygen atoms in total. The molecule has 0 atom stereocenters. The van der Waals surface area contributed by atoms with Gasteiger partial charge in [-0.3, -0.25) is 9.48 Å². The van der Waals surface area contributed by atoms with Crippen LogP contribution in [0.3, 0.4) is 0 Å². The summed E-state index contributed by atoms with van der Waals surface area (Å²) in [6, 6.07) is 15.7. The minimum absolute atomic E-state index is 0.0285. The molecule has 0 saturated carbocycles. The fraction of sp³-hybridized carbons (Fsp3) is 0.273. The van der Waals surface area contributed by atoms with Crippen LogP contribution in [0.15, 0.2) is 60.9 Å². The van der Waals surface area contributed by atoms with Crippen LogP contribution in [-0.4, -0.2) is 22.3 Å². The van der Waals surface area contributed by atoms with Crippen molar-refractivity contribution in [2.45, 2.75) is 33.2 Å². The lowest BCUT2D eigenvalue weighted by Crippen LogP contribution is -2.21. The maximum atomic E-state index is 12.4. The second-order valence-electron chi connectivity index (χ2n) is 6.89. The van der Waals surface area contributed by atoms with Crippen LogP contribution in [0.25, 0.3) is 0 Å². The van der Waals surface area contributed by atoms with E-state index in [2.05, 4.69) is 36.4 Å². The third-order valence-electron chi connectivity index (χ3n) is 4.33. The predicted octanol–water partition coefficient (Wildman–Crippen LogP) is 4.38. The highest BCUT2D eigenvalue weighted by atomic mass is 16.5. The Morgan fingerprint density at radius 2 is 2.00 bits per heavy atom. The van der Waals surface area contributed by atoms with Gasteiger partial charge < -0.3 is 10.1 Å². The van der Waals surface area contributed by atoms with E-state index in [1.807, 2.05) is 54.2 Å². The van der Waals surface area contributed by atoms with E-state index in [0.29, 0.717) is 12.5 Å². The summed E-state index contributed by atoms with van der Waals surface area (Å²) in [6.07, 6.45) is 3.64. The number of carbonyl (C=O) groups excluding carboxylic acids is 1. The van der Waals surface area contributed by atoms with Gasteiger partial charge in [0, 0.05) is 18.1 Å². The Kier molecular flexibility index (Phi) is 5.91. The fourth-order valence-corrected chi connectivity index (χ4v) is 2.92. The molecule has 1 aromatic heterocycles. The number of ether oxygens (including phenoxy) is 1. The van der Waals surface area contributed by atoms with E-state index in [0.717, 1.165) is 28.1 Å². The Labute approximate surface area is 160 Å². The molecule has 0 fully saturated rings.